The highest BCUT2D eigenvalue weighted by molar-refractivity contribution is 5.86. The minimum Gasteiger partial charge on any atom is -0.456 e. The molecule has 0 saturated heterocycles. The van der Waals surface area contributed by atoms with Gasteiger partial charge in [-0.05, 0) is 12.5 Å². The van der Waals surface area contributed by atoms with Gasteiger partial charge in [-0.25, -0.2) is 0 Å². The van der Waals surface area contributed by atoms with Crippen molar-refractivity contribution >= 4 is 23.7 Å². The Morgan fingerprint density at radius 1 is 1.04 bits per heavy atom. The molecule has 0 heterocycles. The van der Waals surface area contributed by atoms with Crippen LogP contribution < -0.4 is 16.0 Å². The zero-order valence-corrected chi connectivity index (χ0v) is 14.3. The molecule has 0 spiro atoms. The van der Waals surface area contributed by atoms with E-state index in [0.717, 1.165) is 5.56 Å². The molecule has 3 N–H and O–H groups in total. The van der Waals surface area contributed by atoms with E-state index in [0.29, 0.717) is 6.54 Å². The Hall–Kier alpha value is -2.90. The largest absolute Gasteiger partial charge is 0.456 e. The number of esters is 1. The maximum atomic E-state index is 11.9. The number of amides is 3. The molecular weight excluding hydrogens is 326 g/mol. The van der Waals surface area contributed by atoms with E-state index in [1.54, 1.807) is 31.2 Å². The molecule has 1 aromatic rings. The van der Waals surface area contributed by atoms with E-state index < -0.39 is 24.5 Å². The van der Waals surface area contributed by atoms with Gasteiger partial charge in [-0.2, -0.15) is 0 Å². The number of benzene rings is 1. The molecule has 0 radical (unpaired) electrons. The van der Waals surface area contributed by atoms with Crippen LogP contribution in [0, 0.1) is 0 Å². The van der Waals surface area contributed by atoms with Crippen LogP contribution in [-0.4, -0.2) is 43.4 Å². The van der Waals surface area contributed by atoms with Crippen molar-refractivity contribution in [1.82, 2.24) is 16.0 Å². The van der Waals surface area contributed by atoms with Gasteiger partial charge in [-0.3, -0.25) is 19.2 Å². The number of likely N-dealkylation sites (N-methyl/N-ethyl adjacent to an activating group) is 1. The maximum absolute atomic E-state index is 11.9. The zero-order chi connectivity index (χ0) is 18.7. The van der Waals surface area contributed by atoms with Crippen LogP contribution >= 0.6 is 0 Å². The first kappa shape index (κ1) is 20.1. The summed E-state index contributed by atoms with van der Waals surface area (Å²) in [6.07, 6.45) is -0.104. The molecule has 136 valence electrons. The van der Waals surface area contributed by atoms with Crippen LogP contribution in [0.5, 0.6) is 0 Å². The highest BCUT2D eigenvalue weighted by Gasteiger charge is 2.18. The predicted molar refractivity (Wildman–Crippen MR) is 90.3 cm³/mol. The topological polar surface area (TPSA) is 114 Å². The van der Waals surface area contributed by atoms with E-state index in [2.05, 4.69) is 16.0 Å². The molecule has 1 rings (SSSR count). The lowest BCUT2D eigenvalue weighted by atomic mass is 10.0. The van der Waals surface area contributed by atoms with E-state index in [-0.39, 0.29) is 24.8 Å². The van der Waals surface area contributed by atoms with Gasteiger partial charge in [0.15, 0.2) is 6.61 Å². The fourth-order valence-electron chi connectivity index (χ4n) is 2.04. The molecule has 25 heavy (non-hydrogen) atoms. The van der Waals surface area contributed by atoms with E-state index in [1.165, 1.54) is 6.92 Å². The third-order valence-electron chi connectivity index (χ3n) is 3.13. The summed E-state index contributed by atoms with van der Waals surface area (Å²) < 4.78 is 4.90. The number of hydrogen-bond donors (Lipinski definition) is 3. The Balaban J connectivity index is 2.45. The highest BCUT2D eigenvalue weighted by Crippen LogP contribution is 2.17. The van der Waals surface area contributed by atoms with E-state index in [1.807, 2.05) is 6.07 Å². The first-order valence-corrected chi connectivity index (χ1v) is 7.93. The van der Waals surface area contributed by atoms with Crippen molar-refractivity contribution in [3.63, 3.8) is 0 Å². The first-order valence-electron chi connectivity index (χ1n) is 7.93. The summed E-state index contributed by atoms with van der Waals surface area (Å²) >= 11 is 0. The Morgan fingerprint density at radius 3 is 2.32 bits per heavy atom. The average molecular weight is 349 g/mol. The molecule has 0 aliphatic heterocycles. The Morgan fingerprint density at radius 2 is 1.72 bits per heavy atom. The highest BCUT2D eigenvalue weighted by atomic mass is 16.5. The molecule has 0 bridgehead atoms. The lowest BCUT2D eigenvalue weighted by Crippen LogP contribution is -2.38. The molecule has 0 unspecified atom stereocenters. The van der Waals surface area contributed by atoms with Gasteiger partial charge in [0, 0.05) is 13.5 Å². The number of carbonyl (C=O) groups is 4. The number of carbonyl (C=O) groups excluding carboxylic acids is 4. The lowest BCUT2D eigenvalue weighted by Gasteiger charge is -2.17. The summed E-state index contributed by atoms with van der Waals surface area (Å²) in [5.41, 5.74) is 0.760. The van der Waals surface area contributed by atoms with Crippen LogP contribution in [-0.2, 0) is 23.9 Å². The Labute approximate surface area is 146 Å². The zero-order valence-electron chi connectivity index (χ0n) is 14.3. The average Bonchev–Trinajstić information content (AvgIpc) is 2.58. The molecular formula is C17H23N3O5. The summed E-state index contributed by atoms with van der Waals surface area (Å²) in [7, 11) is 0. The van der Waals surface area contributed by atoms with Gasteiger partial charge in [0.05, 0.1) is 19.0 Å². The SMILES string of the molecule is CCNC(=O)CNC(=O)COC(=O)C[C@H](NC(C)=O)c1ccccc1. The fourth-order valence-corrected chi connectivity index (χ4v) is 2.04. The van der Waals surface area contributed by atoms with Crippen LogP contribution in [0.25, 0.3) is 0 Å². The summed E-state index contributed by atoms with van der Waals surface area (Å²) in [6.45, 7) is 2.92. The van der Waals surface area contributed by atoms with Crippen molar-refractivity contribution in [2.24, 2.45) is 0 Å². The molecule has 3 amide bonds. The number of hydrogen-bond acceptors (Lipinski definition) is 5. The molecule has 8 nitrogen and oxygen atoms in total. The first-order chi connectivity index (χ1) is 11.9. The second kappa shape index (κ2) is 10.8. The summed E-state index contributed by atoms with van der Waals surface area (Å²) in [5, 5.41) is 7.54. The quantitative estimate of drug-likeness (QED) is 0.545. The van der Waals surface area contributed by atoms with Crippen LogP contribution in [0.3, 0.4) is 0 Å². The van der Waals surface area contributed by atoms with Crippen molar-refractivity contribution in [3.05, 3.63) is 35.9 Å². The van der Waals surface area contributed by atoms with Gasteiger partial charge in [0.25, 0.3) is 5.91 Å². The number of nitrogens with one attached hydrogen (secondary N) is 3. The third kappa shape index (κ3) is 8.50. The minimum atomic E-state index is -0.629. The van der Waals surface area contributed by atoms with Crippen LogP contribution in [0.15, 0.2) is 30.3 Å². The van der Waals surface area contributed by atoms with Crippen molar-refractivity contribution in [2.45, 2.75) is 26.3 Å². The van der Waals surface area contributed by atoms with Crippen LogP contribution in [0.2, 0.25) is 0 Å². The van der Waals surface area contributed by atoms with Gasteiger partial charge in [-0.15, -0.1) is 0 Å². The van der Waals surface area contributed by atoms with Crippen LogP contribution in [0.4, 0.5) is 0 Å². The maximum Gasteiger partial charge on any atom is 0.308 e. The van der Waals surface area contributed by atoms with E-state index >= 15 is 0 Å². The van der Waals surface area contributed by atoms with Gasteiger partial charge < -0.3 is 20.7 Å². The normalized spacial score (nSPS) is 11.1. The van der Waals surface area contributed by atoms with Crippen molar-refractivity contribution in [1.29, 1.82) is 0 Å². The summed E-state index contributed by atoms with van der Waals surface area (Å²) in [4.78, 5) is 46.0. The van der Waals surface area contributed by atoms with Gasteiger partial charge in [0.2, 0.25) is 11.8 Å². The van der Waals surface area contributed by atoms with E-state index in [4.69, 9.17) is 4.74 Å². The minimum absolute atomic E-state index is 0.104. The van der Waals surface area contributed by atoms with Crippen molar-refractivity contribution in [2.75, 3.05) is 19.7 Å². The fraction of sp³-hybridized carbons (Fsp3) is 0.412. The Kier molecular flexibility index (Phi) is 8.70. The Bertz CT molecular complexity index is 604. The molecule has 8 heteroatoms. The monoisotopic (exact) mass is 349 g/mol. The standard InChI is InChI=1S/C17H23N3O5/c1-3-18-15(22)10-19-16(23)11-25-17(24)9-14(20-12(2)21)13-7-5-4-6-8-13/h4-8,14H,3,9-11H2,1-2H3,(H,18,22)(H,19,23)(H,20,21)/t14-/m0/s1. The van der Waals surface area contributed by atoms with Gasteiger partial charge >= 0.3 is 5.97 Å². The van der Waals surface area contributed by atoms with Crippen molar-refractivity contribution in [3.8, 4) is 0 Å². The molecule has 1 atom stereocenters. The summed E-state index contributed by atoms with van der Waals surface area (Å²) in [5.74, 6) is -1.80. The molecule has 0 fully saturated rings. The smallest absolute Gasteiger partial charge is 0.308 e. The van der Waals surface area contributed by atoms with Gasteiger partial charge in [-0.1, -0.05) is 30.3 Å². The third-order valence-corrected chi connectivity index (χ3v) is 3.13. The number of ether oxygens (including phenoxy) is 1. The molecule has 0 aliphatic carbocycles. The molecule has 0 aromatic heterocycles. The molecule has 1 aromatic carbocycles. The predicted octanol–water partition coefficient (Wildman–Crippen LogP) is 0.0494. The van der Waals surface area contributed by atoms with Crippen LogP contribution in [0.1, 0.15) is 31.9 Å². The van der Waals surface area contributed by atoms with Crippen molar-refractivity contribution < 1.29 is 23.9 Å². The second-order valence-corrected chi connectivity index (χ2v) is 5.26. The van der Waals surface area contributed by atoms with Gasteiger partial charge in [0.1, 0.15) is 0 Å². The molecule has 0 aliphatic rings. The summed E-state index contributed by atoms with van der Waals surface area (Å²) in [6, 6.07) is 8.45. The van der Waals surface area contributed by atoms with E-state index in [9.17, 15) is 19.2 Å². The second-order valence-electron chi connectivity index (χ2n) is 5.26. The lowest BCUT2D eigenvalue weighted by molar-refractivity contribution is -0.149. The molecule has 0 saturated carbocycles. The number of rotatable bonds is 9.